The van der Waals surface area contributed by atoms with Gasteiger partial charge in [0.15, 0.2) is 0 Å². The van der Waals surface area contributed by atoms with Gasteiger partial charge in [0.05, 0.1) is 0 Å². The molecule has 2 fully saturated rings. The number of carbonyl (C=O) groups excluding carboxylic acids is 2. The molecule has 1 aromatic carbocycles. The second-order valence-electron chi connectivity index (χ2n) is 6.88. The van der Waals surface area contributed by atoms with E-state index < -0.39 is 0 Å². The molecule has 3 atom stereocenters. The van der Waals surface area contributed by atoms with Crippen molar-refractivity contribution in [2.75, 3.05) is 13.1 Å². The number of benzene rings is 1. The molecule has 0 spiro atoms. The summed E-state index contributed by atoms with van der Waals surface area (Å²) in [6.07, 6.45) is 6.03. The molecule has 1 heterocycles. The normalized spacial score (nSPS) is 25.0. The Kier molecular flexibility index (Phi) is 7.26. The molecule has 3 unspecified atom stereocenters. The summed E-state index contributed by atoms with van der Waals surface area (Å²) >= 11 is 0. The first-order valence-corrected chi connectivity index (χ1v) is 9.08. The van der Waals surface area contributed by atoms with Crippen molar-refractivity contribution < 1.29 is 9.59 Å². The first kappa shape index (κ1) is 19.7. The van der Waals surface area contributed by atoms with Crippen molar-refractivity contribution >= 4 is 24.2 Å². The lowest BCUT2D eigenvalue weighted by atomic mass is 9.84. The van der Waals surface area contributed by atoms with E-state index in [0.717, 1.165) is 32.1 Å². The molecule has 1 aliphatic heterocycles. The number of hydrogen-bond donors (Lipinski definition) is 2. The quantitative estimate of drug-likeness (QED) is 0.786. The molecule has 25 heavy (non-hydrogen) atoms. The largest absolute Gasteiger partial charge is 0.354 e. The van der Waals surface area contributed by atoms with Gasteiger partial charge in [-0.05, 0) is 50.3 Å². The third kappa shape index (κ3) is 4.33. The van der Waals surface area contributed by atoms with Gasteiger partial charge in [-0.1, -0.05) is 31.0 Å². The Bertz CT molecular complexity index is 581. The Balaban J connectivity index is 0.00000225. The van der Waals surface area contributed by atoms with Gasteiger partial charge >= 0.3 is 0 Å². The zero-order chi connectivity index (χ0) is 16.9. The fraction of sp³-hybridized carbons (Fsp3) is 0.579. The van der Waals surface area contributed by atoms with E-state index in [4.69, 9.17) is 5.73 Å². The molecule has 5 nitrogen and oxygen atoms in total. The van der Waals surface area contributed by atoms with Gasteiger partial charge < -0.3 is 16.0 Å². The molecule has 138 valence electrons. The molecular formula is C19H28ClN3O2. The van der Waals surface area contributed by atoms with E-state index in [-0.39, 0.29) is 36.3 Å². The van der Waals surface area contributed by atoms with Crippen LogP contribution in [0.5, 0.6) is 0 Å². The van der Waals surface area contributed by atoms with Gasteiger partial charge in [-0.3, -0.25) is 9.59 Å². The first-order valence-electron chi connectivity index (χ1n) is 9.08. The van der Waals surface area contributed by atoms with E-state index >= 15 is 0 Å². The Hall–Kier alpha value is -1.59. The van der Waals surface area contributed by atoms with Crippen LogP contribution < -0.4 is 11.1 Å². The van der Waals surface area contributed by atoms with Gasteiger partial charge in [0.25, 0.3) is 5.91 Å². The molecular weight excluding hydrogens is 338 g/mol. The predicted octanol–water partition coefficient (Wildman–Crippen LogP) is 2.35. The molecule has 2 amide bonds. The topological polar surface area (TPSA) is 75.4 Å². The number of nitrogens with two attached hydrogens (primary N) is 1. The molecule has 3 N–H and O–H groups in total. The van der Waals surface area contributed by atoms with Crippen LogP contribution in [0.2, 0.25) is 0 Å². The number of halogens is 1. The Morgan fingerprint density at radius 1 is 1.16 bits per heavy atom. The number of carbonyl (C=O) groups is 2. The number of nitrogens with one attached hydrogen (secondary N) is 1. The van der Waals surface area contributed by atoms with Gasteiger partial charge in [0, 0.05) is 18.2 Å². The highest BCUT2D eigenvalue weighted by molar-refractivity contribution is 5.98. The van der Waals surface area contributed by atoms with Gasteiger partial charge in [-0.25, -0.2) is 0 Å². The predicted molar refractivity (Wildman–Crippen MR) is 101 cm³/mol. The van der Waals surface area contributed by atoms with Crippen LogP contribution in [0.4, 0.5) is 0 Å². The van der Waals surface area contributed by atoms with E-state index in [2.05, 4.69) is 5.32 Å². The second-order valence-corrected chi connectivity index (χ2v) is 6.88. The number of fused-ring (bicyclic) bond motifs is 1. The van der Waals surface area contributed by atoms with Crippen LogP contribution in [0.25, 0.3) is 0 Å². The number of likely N-dealkylation sites (tertiary alicyclic amines) is 1. The first-order chi connectivity index (χ1) is 11.7. The van der Waals surface area contributed by atoms with Crippen molar-refractivity contribution in [2.24, 2.45) is 11.7 Å². The van der Waals surface area contributed by atoms with Crippen LogP contribution in [-0.2, 0) is 4.79 Å². The van der Waals surface area contributed by atoms with Crippen molar-refractivity contribution in [1.29, 1.82) is 0 Å². The van der Waals surface area contributed by atoms with Crippen molar-refractivity contribution in [2.45, 2.75) is 50.6 Å². The van der Waals surface area contributed by atoms with Crippen LogP contribution in [0.15, 0.2) is 30.3 Å². The second kappa shape index (κ2) is 9.20. The Labute approximate surface area is 155 Å². The maximum Gasteiger partial charge on any atom is 0.254 e. The summed E-state index contributed by atoms with van der Waals surface area (Å²) in [5.74, 6) is 0.419. The van der Waals surface area contributed by atoms with E-state index in [1.807, 2.05) is 35.2 Å². The monoisotopic (exact) mass is 365 g/mol. The van der Waals surface area contributed by atoms with E-state index in [1.54, 1.807) is 0 Å². The van der Waals surface area contributed by atoms with Crippen LogP contribution in [-0.4, -0.2) is 41.9 Å². The average molecular weight is 366 g/mol. The average Bonchev–Trinajstić information content (AvgIpc) is 3.01. The lowest BCUT2D eigenvalue weighted by molar-refractivity contribution is -0.125. The molecule has 1 saturated carbocycles. The van der Waals surface area contributed by atoms with Crippen molar-refractivity contribution in [3.63, 3.8) is 0 Å². The summed E-state index contributed by atoms with van der Waals surface area (Å²) in [6.45, 7) is 1.14. The highest BCUT2D eigenvalue weighted by Gasteiger charge is 2.47. The number of rotatable bonds is 5. The third-order valence-electron chi connectivity index (χ3n) is 5.33. The summed E-state index contributed by atoms with van der Waals surface area (Å²) in [5, 5.41) is 2.96. The number of nitrogens with zero attached hydrogens (tertiary/aromatic N) is 1. The SMILES string of the molecule is Cl.NCCCNC(=O)C1CC2CCCCC2N1C(=O)c1ccccc1. The minimum absolute atomic E-state index is 0. The zero-order valence-electron chi connectivity index (χ0n) is 14.5. The molecule has 0 bridgehead atoms. The zero-order valence-corrected chi connectivity index (χ0v) is 15.3. The maximum absolute atomic E-state index is 13.1. The smallest absolute Gasteiger partial charge is 0.254 e. The Morgan fingerprint density at radius 2 is 1.88 bits per heavy atom. The van der Waals surface area contributed by atoms with Crippen molar-refractivity contribution in [3.05, 3.63) is 35.9 Å². The fourth-order valence-corrected chi connectivity index (χ4v) is 4.15. The van der Waals surface area contributed by atoms with Crippen molar-refractivity contribution in [1.82, 2.24) is 10.2 Å². The van der Waals surface area contributed by atoms with Gasteiger partial charge in [-0.2, -0.15) is 0 Å². The maximum atomic E-state index is 13.1. The summed E-state index contributed by atoms with van der Waals surface area (Å²) < 4.78 is 0. The fourth-order valence-electron chi connectivity index (χ4n) is 4.15. The van der Waals surface area contributed by atoms with E-state index in [9.17, 15) is 9.59 Å². The summed E-state index contributed by atoms with van der Waals surface area (Å²) in [4.78, 5) is 27.6. The number of hydrogen-bond acceptors (Lipinski definition) is 3. The van der Waals surface area contributed by atoms with Gasteiger partial charge in [0.2, 0.25) is 5.91 Å². The van der Waals surface area contributed by atoms with Crippen LogP contribution in [0, 0.1) is 5.92 Å². The standard InChI is InChI=1S/C19H27N3O2.ClH/c20-11-6-12-21-18(23)17-13-15-9-4-5-10-16(15)22(17)19(24)14-7-2-1-3-8-14;/h1-3,7-8,15-17H,4-6,9-13,20H2,(H,21,23);1H. The van der Waals surface area contributed by atoms with Crippen LogP contribution in [0.1, 0.15) is 48.9 Å². The van der Waals surface area contributed by atoms with Crippen LogP contribution in [0.3, 0.4) is 0 Å². The molecule has 0 aromatic heterocycles. The molecule has 6 heteroatoms. The molecule has 1 aromatic rings. The molecule has 1 saturated heterocycles. The minimum Gasteiger partial charge on any atom is -0.354 e. The molecule has 0 radical (unpaired) electrons. The molecule has 2 aliphatic rings. The van der Waals surface area contributed by atoms with Crippen LogP contribution >= 0.6 is 12.4 Å². The number of amides is 2. The Morgan fingerprint density at radius 3 is 2.60 bits per heavy atom. The summed E-state index contributed by atoms with van der Waals surface area (Å²) in [6, 6.07) is 9.18. The highest BCUT2D eigenvalue weighted by Crippen LogP contribution is 2.40. The van der Waals surface area contributed by atoms with Crippen molar-refractivity contribution in [3.8, 4) is 0 Å². The minimum atomic E-state index is -0.344. The van der Waals surface area contributed by atoms with E-state index in [1.165, 1.54) is 6.42 Å². The molecule has 3 rings (SSSR count). The van der Waals surface area contributed by atoms with Gasteiger partial charge in [-0.15, -0.1) is 12.4 Å². The highest BCUT2D eigenvalue weighted by atomic mass is 35.5. The third-order valence-corrected chi connectivity index (χ3v) is 5.33. The molecule has 1 aliphatic carbocycles. The van der Waals surface area contributed by atoms with Gasteiger partial charge in [0.1, 0.15) is 6.04 Å². The lowest BCUT2D eigenvalue weighted by Crippen LogP contribution is -2.49. The lowest BCUT2D eigenvalue weighted by Gasteiger charge is -2.33. The summed E-state index contributed by atoms with van der Waals surface area (Å²) in [5.41, 5.74) is 6.17. The summed E-state index contributed by atoms with van der Waals surface area (Å²) in [7, 11) is 0. The van der Waals surface area contributed by atoms with E-state index in [0.29, 0.717) is 24.6 Å².